The molecule has 1 atom stereocenters. The Bertz CT molecular complexity index is 930. The molecular weight excluding hydrogens is 358 g/mol. The highest BCUT2D eigenvalue weighted by atomic mass is 16.6. The number of ether oxygens (including phenoxy) is 2. The van der Waals surface area contributed by atoms with Crippen molar-refractivity contribution in [1.29, 1.82) is 0 Å². The molecule has 29 heavy (non-hydrogen) atoms. The summed E-state index contributed by atoms with van der Waals surface area (Å²) in [6.07, 6.45) is 2.45. The van der Waals surface area contributed by atoms with Gasteiger partial charge in [0.1, 0.15) is 6.61 Å². The Morgan fingerprint density at radius 2 is 1.41 bits per heavy atom. The Balaban J connectivity index is 1.17. The summed E-state index contributed by atoms with van der Waals surface area (Å²) in [5, 5.41) is 0. The second kappa shape index (κ2) is 8.30. The third kappa shape index (κ3) is 4.15. The fourth-order valence-electron chi connectivity index (χ4n) is 4.43. The molecule has 0 amide bonds. The van der Waals surface area contributed by atoms with E-state index in [0.717, 1.165) is 31.1 Å². The molecule has 0 spiro atoms. The van der Waals surface area contributed by atoms with Gasteiger partial charge in [-0.2, -0.15) is 0 Å². The summed E-state index contributed by atoms with van der Waals surface area (Å²) in [6.45, 7) is 3.91. The molecule has 5 rings (SSSR count). The second-order valence-corrected chi connectivity index (χ2v) is 8.07. The molecule has 0 aliphatic carbocycles. The first kappa shape index (κ1) is 18.3. The Labute approximate surface area is 172 Å². The van der Waals surface area contributed by atoms with Crippen molar-refractivity contribution >= 4 is 0 Å². The van der Waals surface area contributed by atoms with Gasteiger partial charge in [-0.05, 0) is 60.7 Å². The molecule has 0 unspecified atom stereocenters. The number of hydrogen-bond acceptors (Lipinski definition) is 3. The van der Waals surface area contributed by atoms with Crippen LogP contribution in [0.3, 0.4) is 0 Å². The van der Waals surface area contributed by atoms with Crippen LogP contribution in [0.5, 0.6) is 11.5 Å². The zero-order valence-electron chi connectivity index (χ0n) is 16.7. The first-order valence-corrected chi connectivity index (χ1v) is 10.6. The summed E-state index contributed by atoms with van der Waals surface area (Å²) in [5.41, 5.74) is 4.03. The zero-order chi connectivity index (χ0) is 19.5. The van der Waals surface area contributed by atoms with Gasteiger partial charge < -0.3 is 9.47 Å². The van der Waals surface area contributed by atoms with Crippen molar-refractivity contribution in [3.63, 3.8) is 0 Å². The quantitative estimate of drug-likeness (QED) is 0.585. The van der Waals surface area contributed by atoms with Crippen LogP contribution in [0.2, 0.25) is 0 Å². The molecule has 0 N–H and O–H groups in total. The highest BCUT2D eigenvalue weighted by Crippen LogP contribution is 2.36. The molecular formula is C26H27NO2. The zero-order valence-corrected chi connectivity index (χ0v) is 16.7. The van der Waals surface area contributed by atoms with Crippen molar-refractivity contribution in [1.82, 2.24) is 4.90 Å². The van der Waals surface area contributed by atoms with Crippen LogP contribution in [0.1, 0.15) is 41.6 Å². The van der Waals surface area contributed by atoms with E-state index < -0.39 is 0 Å². The molecule has 1 saturated heterocycles. The van der Waals surface area contributed by atoms with Gasteiger partial charge >= 0.3 is 0 Å². The standard InChI is InChI=1S/C26H27NO2/c1-2-6-21(7-3-1)22-14-16-27(17-15-22)18-20-10-12-23(13-11-20)26-19-28-24-8-4-5-9-25(24)29-26/h1-13,22,26H,14-19H2/t26-/m1/s1. The van der Waals surface area contributed by atoms with Crippen LogP contribution in [0.25, 0.3) is 0 Å². The summed E-state index contributed by atoms with van der Waals surface area (Å²) in [5.74, 6) is 2.37. The number of likely N-dealkylation sites (tertiary alicyclic amines) is 1. The van der Waals surface area contributed by atoms with Crippen molar-refractivity contribution in [3.8, 4) is 11.5 Å². The number of benzene rings is 3. The monoisotopic (exact) mass is 385 g/mol. The molecule has 2 aliphatic rings. The minimum Gasteiger partial charge on any atom is -0.485 e. The molecule has 3 nitrogen and oxygen atoms in total. The topological polar surface area (TPSA) is 21.7 Å². The SMILES string of the molecule is c1ccc(C2CCN(Cc3ccc([C@H]4COc5ccccc5O4)cc3)CC2)cc1. The first-order valence-electron chi connectivity index (χ1n) is 10.6. The number of piperidine rings is 1. The maximum absolute atomic E-state index is 6.13. The van der Waals surface area contributed by atoms with E-state index in [0.29, 0.717) is 12.5 Å². The van der Waals surface area contributed by atoms with Crippen LogP contribution in [0.15, 0.2) is 78.9 Å². The van der Waals surface area contributed by atoms with Gasteiger partial charge in [0.05, 0.1) is 0 Å². The molecule has 2 heterocycles. The lowest BCUT2D eigenvalue weighted by atomic mass is 9.89. The maximum Gasteiger partial charge on any atom is 0.162 e. The van der Waals surface area contributed by atoms with E-state index in [-0.39, 0.29) is 6.10 Å². The Morgan fingerprint density at radius 1 is 0.724 bits per heavy atom. The number of para-hydroxylation sites is 2. The third-order valence-corrected chi connectivity index (χ3v) is 6.12. The lowest BCUT2D eigenvalue weighted by molar-refractivity contribution is 0.0912. The molecule has 3 heteroatoms. The highest BCUT2D eigenvalue weighted by Gasteiger charge is 2.23. The molecule has 3 aromatic carbocycles. The fourth-order valence-corrected chi connectivity index (χ4v) is 4.43. The van der Waals surface area contributed by atoms with Gasteiger partial charge in [0.25, 0.3) is 0 Å². The Morgan fingerprint density at radius 3 is 2.17 bits per heavy atom. The first-order chi connectivity index (χ1) is 14.3. The van der Waals surface area contributed by atoms with Crippen LogP contribution >= 0.6 is 0 Å². The highest BCUT2D eigenvalue weighted by molar-refractivity contribution is 5.41. The summed E-state index contributed by atoms with van der Waals surface area (Å²) in [7, 11) is 0. The minimum absolute atomic E-state index is 0.0411. The summed E-state index contributed by atoms with van der Waals surface area (Å²) in [4.78, 5) is 2.57. The van der Waals surface area contributed by atoms with E-state index >= 15 is 0 Å². The number of rotatable bonds is 4. The second-order valence-electron chi connectivity index (χ2n) is 8.07. The van der Waals surface area contributed by atoms with E-state index in [2.05, 4.69) is 59.5 Å². The summed E-state index contributed by atoms with van der Waals surface area (Å²) >= 11 is 0. The van der Waals surface area contributed by atoms with E-state index in [1.807, 2.05) is 24.3 Å². The number of fused-ring (bicyclic) bond motifs is 1. The molecule has 3 aromatic rings. The van der Waals surface area contributed by atoms with Gasteiger partial charge in [-0.3, -0.25) is 4.90 Å². The van der Waals surface area contributed by atoms with Crippen molar-refractivity contribution in [2.75, 3.05) is 19.7 Å². The van der Waals surface area contributed by atoms with E-state index in [4.69, 9.17) is 9.47 Å². The Hall–Kier alpha value is -2.78. The van der Waals surface area contributed by atoms with Crippen LogP contribution in [0.4, 0.5) is 0 Å². The van der Waals surface area contributed by atoms with Crippen molar-refractivity contribution in [3.05, 3.63) is 95.6 Å². The van der Waals surface area contributed by atoms with Crippen molar-refractivity contribution < 1.29 is 9.47 Å². The summed E-state index contributed by atoms with van der Waals surface area (Å²) in [6, 6.07) is 27.7. The van der Waals surface area contributed by atoms with Crippen molar-refractivity contribution in [2.45, 2.75) is 31.4 Å². The van der Waals surface area contributed by atoms with Crippen LogP contribution < -0.4 is 9.47 Å². The average molecular weight is 386 g/mol. The molecule has 0 bridgehead atoms. The van der Waals surface area contributed by atoms with E-state index in [9.17, 15) is 0 Å². The van der Waals surface area contributed by atoms with Gasteiger partial charge in [0, 0.05) is 6.54 Å². The normalized spacial score (nSPS) is 19.8. The molecule has 0 aromatic heterocycles. The van der Waals surface area contributed by atoms with Crippen molar-refractivity contribution in [2.24, 2.45) is 0 Å². The molecule has 148 valence electrons. The Kier molecular flexibility index (Phi) is 5.23. The van der Waals surface area contributed by atoms with Gasteiger partial charge in [0.2, 0.25) is 0 Å². The molecule has 1 fully saturated rings. The maximum atomic E-state index is 6.13. The predicted octanol–water partition coefficient (Wildman–Crippen LogP) is 5.58. The van der Waals surface area contributed by atoms with E-state index in [1.54, 1.807) is 0 Å². The number of nitrogens with zero attached hydrogens (tertiary/aromatic N) is 1. The molecule has 2 aliphatic heterocycles. The predicted molar refractivity (Wildman–Crippen MR) is 115 cm³/mol. The van der Waals surface area contributed by atoms with Gasteiger partial charge in [0.15, 0.2) is 17.6 Å². The molecule has 0 radical (unpaired) electrons. The van der Waals surface area contributed by atoms with Crippen LogP contribution in [-0.4, -0.2) is 24.6 Å². The lowest BCUT2D eigenvalue weighted by Crippen LogP contribution is -2.32. The van der Waals surface area contributed by atoms with Gasteiger partial charge in [-0.25, -0.2) is 0 Å². The minimum atomic E-state index is -0.0411. The van der Waals surface area contributed by atoms with Crippen LogP contribution in [-0.2, 0) is 6.54 Å². The lowest BCUT2D eigenvalue weighted by Gasteiger charge is -2.32. The summed E-state index contributed by atoms with van der Waals surface area (Å²) < 4.78 is 12.0. The van der Waals surface area contributed by atoms with Crippen LogP contribution in [0, 0.1) is 0 Å². The average Bonchev–Trinajstić information content (AvgIpc) is 2.80. The van der Waals surface area contributed by atoms with Gasteiger partial charge in [-0.1, -0.05) is 66.7 Å². The van der Waals surface area contributed by atoms with E-state index in [1.165, 1.54) is 29.5 Å². The largest absolute Gasteiger partial charge is 0.485 e. The fraction of sp³-hybridized carbons (Fsp3) is 0.308. The van der Waals surface area contributed by atoms with Gasteiger partial charge in [-0.15, -0.1) is 0 Å². The third-order valence-electron chi connectivity index (χ3n) is 6.12. The number of hydrogen-bond donors (Lipinski definition) is 0. The molecule has 0 saturated carbocycles. The smallest absolute Gasteiger partial charge is 0.162 e.